The van der Waals surface area contributed by atoms with Gasteiger partial charge in [0.1, 0.15) is 5.76 Å². The van der Waals surface area contributed by atoms with Crippen molar-refractivity contribution in [2.24, 2.45) is 0 Å². The van der Waals surface area contributed by atoms with E-state index in [1.54, 1.807) is 24.3 Å². The van der Waals surface area contributed by atoms with Crippen LogP contribution in [0.5, 0.6) is 5.75 Å². The molecule has 2 aromatic rings. The SMILES string of the molecule is COc1ccc(CN2CCN(CC(=O)N(C)Cc3ccco3)CC2)cc1F. The molecule has 0 radical (unpaired) electrons. The predicted molar refractivity (Wildman–Crippen MR) is 99.9 cm³/mol. The fourth-order valence-electron chi connectivity index (χ4n) is 3.21. The van der Waals surface area contributed by atoms with E-state index in [0.717, 1.165) is 37.5 Å². The Hall–Kier alpha value is -2.38. The highest BCUT2D eigenvalue weighted by molar-refractivity contribution is 5.77. The lowest BCUT2D eigenvalue weighted by atomic mass is 10.2. The van der Waals surface area contributed by atoms with Gasteiger partial charge in [-0.1, -0.05) is 6.07 Å². The van der Waals surface area contributed by atoms with E-state index in [9.17, 15) is 9.18 Å². The normalized spacial score (nSPS) is 15.7. The van der Waals surface area contributed by atoms with E-state index in [4.69, 9.17) is 9.15 Å². The van der Waals surface area contributed by atoms with Crippen LogP contribution in [0.4, 0.5) is 4.39 Å². The van der Waals surface area contributed by atoms with Crippen molar-refractivity contribution in [1.29, 1.82) is 0 Å². The lowest BCUT2D eigenvalue weighted by molar-refractivity contribution is -0.132. The van der Waals surface area contributed by atoms with Crippen LogP contribution in [0, 0.1) is 5.82 Å². The van der Waals surface area contributed by atoms with Crippen LogP contribution in [0.25, 0.3) is 0 Å². The summed E-state index contributed by atoms with van der Waals surface area (Å²) in [4.78, 5) is 18.5. The Kier molecular flexibility index (Phi) is 6.47. The molecule has 7 heteroatoms. The van der Waals surface area contributed by atoms with Gasteiger partial charge in [-0.3, -0.25) is 14.6 Å². The third-order valence-corrected chi connectivity index (χ3v) is 4.85. The molecule has 1 aliphatic heterocycles. The van der Waals surface area contributed by atoms with Crippen LogP contribution in [-0.4, -0.2) is 67.5 Å². The molecule has 0 saturated carbocycles. The van der Waals surface area contributed by atoms with Gasteiger partial charge in [0.15, 0.2) is 11.6 Å². The minimum absolute atomic E-state index is 0.0806. The van der Waals surface area contributed by atoms with E-state index in [2.05, 4.69) is 9.80 Å². The number of amides is 1. The van der Waals surface area contributed by atoms with E-state index in [0.29, 0.717) is 19.6 Å². The number of hydrogen-bond acceptors (Lipinski definition) is 5. The van der Waals surface area contributed by atoms with Crippen molar-refractivity contribution in [3.8, 4) is 5.75 Å². The number of ether oxygens (including phenoxy) is 1. The molecule has 146 valence electrons. The van der Waals surface area contributed by atoms with Gasteiger partial charge in [-0.2, -0.15) is 0 Å². The summed E-state index contributed by atoms with van der Waals surface area (Å²) in [7, 11) is 3.25. The number of benzene rings is 1. The minimum Gasteiger partial charge on any atom is -0.494 e. The maximum atomic E-state index is 13.8. The summed E-state index contributed by atoms with van der Waals surface area (Å²) in [6.45, 7) is 4.92. The minimum atomic E-state index is -0.334. The van der Waals surface area contributed by atoms with E-state index < -0.39 is 0 Å². The van der Waals surface area contributed by atoms with Gasteiger partial charge in [-0.25, -0.2) is 4.39 Å². The van der Waals surface area contributed by atoms with E-state index in [-0.39, 0.29) is 17.5 Å². The van der Waals surface area contributed by atoms with Crippen molar-refractivity contribution in [1.82, 2.24) is 14.7 Å². The monoisotopic (exact) mass is 375 g/mol. The fraction of sp³-hybridized carbons (Fsp3) is 0.450. The summed E-state index contributed by atoms with van der Waals surface area (Å²) in [5.41, 5.74) is 0.927. The lowest BCUT2D eigenvalue weighted by Gasteiger charge is -2.35. The zero-order valence-corrected chi connectivity index (χ0v) is 15.9. The van der Waals surface area contributed by atoms with Gasteiger partial charge < -0.3 is 14.1 Å². The number of carbonyl (C=O) groups excluding carboxylic acids is 1. The smallest absolute Gasteiger partial charge is 0.236 e. The highest BCUT2D eigenvalue weighted by atomic mass is 19.1. The first-order chi connectivity index (χ1) is 13.0. The summed E-state index contributed by atoms with van der Waals surface area (Å²) in [6.07, 6.45) is 1.61. The van der Waals surface area contributed by atoms with Crippen molar-refractivity contribution in [2.45, 2.75) is 13.1 Å². The highest BCUT2D eigenvalue weighted by Crippen LogP contribution is 2.19. The summed E-state index contributed by atoms with van der Waals surface area (Å²) >= 11 is 0. The van der Waals surface area contributed by atoms with Crippen LogP contribution in [0.15, 0.2) is 41.0 Å². The van der Waals surface area contributed by atoms with Crippen LogP contribution in [0.3, 0.4) is 0 Å². The molecule has 2 heterocycles. The number of halogens is 1. The summed E-state index contributed by atoms with van der Waals surface area (Å²) in [5, 5.41) is 0. The quantitative estimate of drug-likeness (QED) is 0.743. The Balaban J connectivity index is 1.43. The summed E-state index contributed by atoms with van der Waals surface area (Å²) in [5.74, 6) is 0.791. The molecule has 1 fully saturated rings. The second kappa shape index (κ2) is 9.01. The Labute approximate surface area is 159 Å². The largest absolute Gasteiger partial charge is 0.494 e. The maximum absolute atomic E-state index is 13.8. The molecule has 0 N–H and O–H groups in total. The molecule has 0 bridgehead atoms. The number of nitrogens with zero attached hydrogens (tertiary/aromatic N) is 3. The zero-order chi connectivity index (χ0) is 19.2. The van der Waals surface area contributed by atoms with Gasteiger partial charge in [0.2, 0.25) is 5.91 Å². The topological polar surface area (TPSA) is 49.2 Å². The van der Waals surface area contributed by atoms with Gasteiger partial charge in [-0.05, 0) is 29.8 Å². The molecule has 6 nitrogen and oxygen atoms in total. The first-order valence-corrected chi connectivity index (χ1v) is 9.08. The number of rotatable bonds is 7. The number of piperazine rings is 1. The molecule has 0 spiro atoms. The molecule has 1 aliphatic rings. The third-order valence-electron chi connectivity index (χ3n) is 4.85. The van der Waals surface area contributed by atoms with Gasteiger partial charge in [0.25, 0.3) is 0 Å². The first kappa shape index (κ1) is 19.4. The molecule has 0 atom stereocenters. The molecule has 0 unspecified atom stereocenters. The number of likely N-dealkylation sites (N-methyl/N-ethyl adjacent to an activating group) is 1. The molecular formula is C20H26FN3O3. The zero-order valence-electron chi connectivity index (χ0n) is 15.9. The van der Waals surface area contributed by atoms with E-state index in [1.807, 2.05) is 18.2 Å². The second-order valence-corrected chi connectivity index (χ2v) is 6.85. The lowest BCUT2D eigenvalue weighted by Crippen LogP contribution is -2.49. The molecule has 1 aromatic carbocycles. The molecule has 1 amide bonds. The van der Waals surface area contributed by atoms with Gasteiger partial charge in [0, 0.05) is 39.8 Å². The average Bonchev–Trinajstić information content (AvgIpc) is 3.16. The molecule has 1 aromatic heterocycles. The predicted octanol–water partition coefficient (Wildman–Crippen LogP) is 2.20. The Bertz CT molecular complexity index is 743. The maximum Gasteiger partial charge on any atom is 0.236 e. The van der Waals surface area contributed by atoms with E-state index >= 15 is 0 Å². The Morgan fingerprint density at radius 1 is 1.22 bits per heavy atom. The van der Waals surface area contributed by atoms with Crippen LogP contribution >= 0.6 is 0 Å². The van der Waals surface area contributed by atoms with E-state index in [1.165, 1.54) is 13.2 Å². The van der Waals surface area contributed by atoms with Crippen LogP contribution in [0.2, 0.25) is 0 Å². The third kappa shape index (κ3) is 5.30. The molecule has 27 heavy (non-hydrogen) atoms. The van der Waals surface area contributed by atoms with Gasteiger partial charge in [-0.15, -0.1) is 0 Å². The first-order valence-electron chi connectivity index (χ1n) is 9.08. The molecule has 0 aliphatic carbocycles. The number of methoxy groups -OCH3 is 1. The number of furan rings is 1. The Morgan fingerprint density at radius 2 is 1.96 bits per heavy atom. The van der Waals surface area contributed by atoms with Crippen molar-refractivity contribution >= 4 is 5.91 Å². The van der Waals surface area contributed by atoms with Crippen molar-refractivity contribution in [3.63, 3.8) is 0 Å². The second-order valence-electron chi connectivity index (χ2n) is 6.85. The standard InChI is InChI=1S/C20H26FN3O3/c1-22(14-17-4-3-11-27-17)20(25)15-24-9-7-23(8-10-24)13-16-5-6-19(26-2)18(21)12-16/h3-6,11-12H,7-10,13-15H2,1-2H3. The molecular weight excluding hydrogens is 349 g/mol. The molecule has 3 rings (SSSR count). The number of hydrogen-bond donors (Lipinski definition) is 0. The van der Waals surface area contributed by atoms with Crippen LogP contribution in [-0.2, 0) is 17.9 Å². The average molecular weight is 375 g/mol. The van der Waals surface area contributed by atoms with Crippen molar-refractivity contribution in [2.75, 3.05) is 46.9 Å². The molecule has 1 saturated heterocycles. The highest BCUT2D eigenvalue weighted by Gasteiger charge is 2.21. The Morgan fingerprint density at radius 3 is 2.59 bits per heavy atom. The van der Waals surface area contributed by atoms with Crippen LogP contribution in [0.1, 0.15) is 11.3 Å². The van der Waals surface area contributed by atoms with Gasteiger partial charge >= 0.3 is 0 Å². The fourth-order valence-corrected chi connectivity index (χ4v) is 3.21. The van der Waals surface area contributed by atoms with Crippen molar-refractivity contribution < 1.29 is 18.3 Å². The van der Waals surface area contributed by atoms with Crippen molar-refractivity contribution in [3.05, 3.63) is 53.7 Å². The van der Waals surface area contributed by atoms with Crippen LogP contribution < -0.4 is 4.74 Å². The summed E-state index contributed by atoms with van der Waals surface area (Å²) in [6, 6.07) is 8.76. The van der Waals surface area contributed by atoms with Gasteiger partial charge in [0.05, 0.1) is 26.5 Å². The summed E-state index contributed by atoms with van der Waals surface area (Å²) < 4.78 is 24.1. The number of carbonyl (C=O) groups is 1.